The Morgan fingerprint density at radius 2 is 1.59 bits per heavy atom. The fourth-order valence-corrected chi connectivity index (χ4v) is 4.64. The van der Waals surface area contributed by atoms with E-state index < -0.39 is 28.4 Å². The number of anilines is 2. The summed E-state index contributed by atoms with van der Waals surface area (Å²) in [6.45, 7) is 1.22. The van der Waals surface area contributed by atoms with Crippen molar-refractivity contribution in [2.75, 3.05) is 30.4 Å². The molecular weight excluding hydrogens is 460 g/mol. The van der Waals surface area contributed by atoms with Crippen molar-refractivity contribution in [1.29, 1.82) is 0 Å². The first kappa shape index (κ1) is 24.6. The molecule has 3 aromatic carbocycles. The number of benzene rings is 3. The minimum absolute atomic E-state index is 0.00776. The summed E-state index contributed by atoms with van der Waals surface area (Å²) in [5, 5.41) is 11.9. The molecule has 0 aliphatic heterocycles. The number of amides is 1. The molecule has 3 aromatic rings. The number of carboxylic acids is 1. The third-order valence-electron chi connectivity index (χ3n) is 4.98. The third kappa shape index (κ3) is 5.29. The molecule has 178 valence electrons. The van der Waals surface area contributed by atoms with Crippen molar-refractivity contribution in [3.05, 3.63) is 77.9 Å². The van der Waals surface area contributed by atoms with Gasteiger partial charge in [0.15, 0.2) is 11.5 Å². The molecular formula is C24H24N2O7S. The Morgan fingerprint density at radius 1 is 0.941 bits per heavy atom. The molecule has 0 fully saturated rings. The van der Waals surface area contributed by atoms with E-state index in [1.165, 1.54) is 62.8 Å². The second-order valence-corrected chi connectivity index (χ2v) is 9.13. The van der Waals surface area contributed by atoms with Gasteiger partial charge in [0.05, 0.1) is 36.1 Å². The highest BCUT2D eigenvalue weighted by molar-refractivity contribution is 7.92. The largest absolute Gasteiger partial charge is 0.493 e. The Bertz CT molecular complexity index is 1310. The standard InChI is InChI=1S/C24H24N2O7S/c1-16-8-11-18(12-9-16)34(30,31)26(17-10-13-21(32-2)22(14-17)33-3)15-23(27)25-20-7-5-4-6-19(20)24(28)29/h4-14H,15H2,1-3H3,(H,25,27)(H,28,29). The third-order valence-corrected chi connectivity index (χ3v) is 6.77. The number of hydrogen-bond donors (Lipinski definition) is 2. The smallest absolute Gasteiger partial charge is 0.337 e. The molecule has 1 amide bonds. The molecule has 0 aromatic heterocycles. The highest BCUT2D eigenvalue weighted by Gasteiger charge is 2.28. The summed E-state index contributed by atoms with van der Waals surface area (Å²) in [6.07, 6.45) is 0. The first-order chi connectivity index (χ1) is 16.2. The molecule has 9 nitrogen and oxygen atoms in total. The first-order valence-corrected chi connectivity index (χ1v) is 11.5. The first-order valence-electron chi connectivity index (χ1n) is 10.1. The number of sulfonamides is 1. The zero-order valence-electron chi connectivity index (χ0n) is 18.8. The van der Waals surface area contributed by atoms with Crippen molar-refractivity contribution in [1.82, 2.24) is 0 Å². The molecule has 34 heavy (non-hydrogen) atoms. The number of methoxy groups -OCH3 is 2. The molecule has 0 saturated heterocycles. The van der Waals surface area contributed by atoms with Crippen molar-refractivity contribution in [3.63, 3.8) is 0 Å². The quantitative estimate of drug-likeness (QED) is 0.476. The van der Waals surface area contributed by atoms with E-state index in [-0.39, 0.29) is 27.6 Å². The fraction of sp³-hybridized carbons (Fsp3) is 0.167. The number of ether oxygens (including phenoxy) is 2. The molecule has 0 bridgehead atoms. The van der Waals surface area contributed by atoms with E-state index in [0.717, 1.165) is 9.87 Å². The molecule has 0 saturated carbocycles. The molecule has 0 spiro atoms. The van der Waals surface area contributed by atoms with Crippen molar-refractivity contribution in [2.24, 2.45) is 0 Å². The predicted octanol–water partition coefficient (Wildman–Crippen LogP) is 3.54. The molecule has 0 heterocycles. The van der Waals surface area contributed by atoms with E-state index in [1.807, 2.05) is 6.92 Å². The van der Waals surface area contributed by atoms with Crippen LogP contribution in [0, 0.1) is 6.92 Å². The van der Waals surface area contributed by atoms with Crippen LogP contribution in [0.3, 0.4) is 0 Å². The molecule has 0 aliphatic carbocycles. The van der Waals surface area contributed by atoms with Gasteiger partial charge in [-0.1, -0.05) is 29.8 Å². The number of hydrogen-bond acceptors (Lipinski definition) is 6. The van der Waals surface area contributed by atoms with E-state index in [2.05, 4.69) is 5.32 Å². The lowest BCUT2D eigenvalue weighted by Gasteiger charge is -2.25. The van der Waals surface area contributed by atoms with Gasteiger partial charge in [0, 0.05) is 6.07 Å². The number of nitrogens with one attached hydrogen (secondary N) is 1. The maximum absolute atomic E-state index is 13.5. The zero-order valence-corrected chi connectivity index (χ0v) is 19.6. The number of carbonyl (C=O) groups excluding carboxylic acids is 1. The normalized spacial score (nSPS) is 10.9. The summed E-state index contributed by atoms with van der Waals surface area (Å²) in [5.41, 5.74) is 0.981. The molecule has 3 rings (SSSR count). The number of rotatable bonds is 9. The van der Waals surface area contributed by atoms with Crippen LogP contribution in [0.25, 0.3) is 0 Å². The van der Waals surface area contributed by atoms with Gasteiger partial charge in [0.25, 0.3) is 10.0 Å². The summed E-state index contributed by atoms with van der Waals surface area (Å²) in [6, 6.07) is 16.5. The lowest BCUT2D eigenvalue weighted by Crippen LogP contribution is -2.38. The van der Waals surface area contributed by atoms with Gasteiger partial charge >= 0.3 is 5.97 Å². The summed E-state index contributed by atoms with van der Waals surface area (Å²) < 4.78 is 38.5. The molecule has 0 unspecified atom stereocenters. The van der Waals surface area contributed by atoms with Crippen molar-refractivity contribution in [2.45, 2.75) is 11.8 Å². The minimum Gasteiger partial charge on any atom is -0.493 e. The van der Waals surface area contributed by atoms with Gasteiger partial charge in [-0.15, -0.1) is 0 Å². The van der Waals surface area contributed by atoms with E-state index in [1.54, 1.807) is 18.2 Å². The fourth-order valence-electron chi connectivity index (χ4n) is 3.23. The Hall–Kier alpha value is -4.05. The highest BCUT2D eigenvalue weighted by atomic mass is 32.2. The monoisotopic (exact) mass is 484 g/mol. The number of aromatic carboxylic acids is 1. The SMILES string of the molecule is COc1ccc(N(CC(=O)Nc2ccccc2C(=O)O)S(=O)(=O)c2ccc(C)cc2)cc1OC. The molecule has 0 atom stereocenters. The number of aryl methyl sites for hydroxylation is 1. The van der Waals surface area contributed by atoms with E-state index >= 15 is 0 Å². The van der Waals surface area contributed by atoms with Crippen LogP contribution < -0.4 is 19.1 Å². The van der Waals surface area contributed by atoms with E-state index in [0.29, 0.717) is 5.75 Å². The second kappa shape index (κ2) is 10.3. The van der Waals surface area contributed by atoms with E-state index in [9.17, 15) is 23.1 Å². The van der Waals surface area contributed by atoms with Gasteiger partial charge in [0.1, 0.15) is 6.54 Å². The topological polar surface area (TPSA) is 122 Å². The lowest BCUT2D eigenvalue weighted by molar-refractivity contribution is -0.114. The van der Waals surface area contributed by atoms with Crippen LogP contribution in [0.4, 0.5) is 11.4 Å². The Balaban J connectivity index is 2.03. The summed E-state index contributed by atoms with van der Waals surface area (Å²) in [4.78, 5) is 24.4. The van der Waals surface area contributed by atoms with Crippen LogP contribution in [0.1, 0.15) is 15.9 Å². The maximum atomic E-state index is 13.5. The van der Waals surface area contributed by atoms with Crippen LogP contribution in [0.2, 0.25) is 0 Å². The number of carbonyl (C=O) groups is 2. The lowest BCUT2D eigenvalue weighted by atomic mass is 10.2. The summed E-state index contributed by atoms with van der Waals surface area (Å²) in [7, 11) is -1.31. The van der Waals surface area contributed by atoms with Gasteiger partial charge in [-0.25, -0.2) is 13.2 Å². The number of carboxylic acid groups (broad SMARTS) is 1. The van der Waals surface area contributed by atoms with Gasteiger partial charge in [-0.2, -0.15) is 0 Å². The molecule has 10 heteroatoms. The van der Waals surface area contributed by atoms with E-state index in [4.69, 9.17) is 9.47 Å². The summed E-state index contributed by atoms with van der Waals surface area (Å²) >= 11 is 0. The van der Waals surface area contributed by atoms with Gasteiger partial charge in [-0.3, -0.25) is 9.10 Å². The Kier molecular flexibility index (Phi) is 7.42. The van der Waals surface area contributed by atoms with Gasteiger partial charge in [0.2, 0.25) is 5.91 Å². The molecule has 2 N–H and O–H groups in total. The van der Waals surface area contributed by atoms with Gasteiger partial charge < -0.3 is 19.9 Å². The zero-order chi connectivity index (χ0) is 24.9. The number of para-hydroxylation sites is 1. The molecule has 0 aliphatic rings. The minimum atomic E-state index is -4.17. The maximum Gasteiger partial charge on any atom is 0.337 e. The summed E-state index contributed by atoms with van der Waals surface area (Å²) in [5.74, 6) is -1.28. The second-order valence-electron chi connectivity index (χ2n) is 7.26. The number of nitrogens with zero attached hydrogens (tertiary/aromatic N) is 1. The van der Waals surface area contributed by atoms with Crippen LogP contribution in [-0.4, -0.2) is 46.2 Å². The average Bonchev–Trinajstić information content (AvgIpc) is 2.82. The average molecular weight is 485 g/mol. The van der Waals surface area contributed by atoms with Crippen LogP contribution in [0.15, 0.2) is 71.6 Å². The van der Waals surface area contributed by atoms with Crippen LogP contribution in [-0.2, 0) is 14.8 Å². The van der Waals surface area contributed by atoms with Crippen molar-refractivity contribution >= 4 is 33.3 Å². The van der Waals surface area contributed by atoms with Gasteiger partial charge in [-0.05, 0) is 43.3 Å². The van der Waals surface area contributed by atoms with Crippen LogP contribution in [0.5, 0.6) is 11.5 Å². The van der Waals surface area contributed by atoms with Crippen LogP contribution >= 0.6 is 0 Å². The Morgan fingerprint density at radius 3 is 2.21 bits per heavy atom. The predicted molar refractivity (Wildman–Crippen MR) is 127 cm³/mol. The van der Waals surface area contributed by atoms with Crippen molar-refractivity contribution < 1.29 is 32.6 Å². The Labute approximate surface area is 197 Å². The highest BCUT2D eigenvalue weighted by Crippen LogP contribution is 2.34. The van der Waals surface area contributed by atoms with Crippen molar-refractivity contribution in [3.8, 4) is 11.5 Å². The molecule has 0 radical (unpaired) electrons.